The molecule has 224 valence electrons. The highest BCUT2D eigenvalue weighted by molar-refractivity contribution is 5.98. The van der Waals surface area contributed by atoms with Gasteiger partial charge in [-0.05, 0) is 51.2 Å². The molecule has 2 saturated heterocycles. The van der Waals surface area contributed by atoms with E-state index in [0.717, 1.165) is 24.8 Å². The van der Waals surface area contributed by atoms with Crippen molar-refractivity contribution in [2.45, 2.75) is 69.7 Å². The molecule has 2 aliphatic heterocycles. The summed E-state index contributed by atoms with van der Waals surface area (Å²) >= 11 is 0. The zero-order valence-electron chi connectivity index (χ0n) is 24.1. The largest absolute Gasteiger partial charge is 0.481 e. The number of nitrogens with zero attached hydrogens (tertiary/aromatic N) is 2. The second kappa shape index (κ2) is 14.0. The summed E-state index contributed by atoms with van der Waals surface area (Å²) in [5, 5.41) is 8.40. The van der Waals surface area contributed by atoms with Crippen LogP contribution in [0.25, 0.3) is 0 Å². The maximum atomic E-state index is 13.7. The Labute approximate surface area is 240 Å². The maximum absolute atomic E-state index is 13.7. The van der Waals surface area contributed by atoms with Gasteiger partial charge in [0.1, 0.15) is 17.7 Å². The Morgan fingerprint density at radius 2 is 1.83 bits per heavy atom. The maximum Gasteiger partial charge on any atom is 0.243 e. The molecule has 0 bridgehead atoms. The minimum absolute atomic E-state index is 0.127. The number of carbonyl (C=O) groups is 4. The van der Waals surface area contributed by atoms with E-state index in [1.165, 1.54) is 7.11 Å². The van der Waals surface area contributed by atoms with Crippen molar-refractivity contribution >= 4 is 23.5 Å². The van der Waals surface area contributed by atoms with Crippen molar-refractivity contribution in [3.05, 3.63) is 35.5 Å². The van der Waals surface area contributed by atoms with Gasteiger partial charge in [-0.15, -0.1) is 0 Å². The first kappa shape index (κ1) is 30.6. The zero-order chi connectivity index (χ0) is 29.4. The van der Waals surface area contributed by atoms with Crippen molar-refractivity contribution < 1.29 is 33.4 Å². The molecule has 3 amide bonds. The lowest BCUT2D eigenvalue weighted by Gasteiger charge is -2.27. The molecule has 0 unspecified atom stereocenters. The van der Waals surface area contributed by atoms with Gasteiger partial charge in [-0.1, -0.05) is 11.6 Å². The normalized spacial score (nSPS) is 22.6. The number of Topliss-reactive ketones (excluding diaryl/α,β-unsaturated/α-hetero) is 1. The molecule has 41 heavy (non-hydrogen) atoms. The van der Waals surface area contributed by atoms with Crippen LogP contribution in [0.3, 0.4) is 0 Å². The molecule has 0 spiro atoms. The molecule has 12 heteroatoms. The summed E-state index contributed by atoms with van der Waals surface area (Å²) in [4.78, 5) is 58.8. The molecule has 0 saturated carbocycles. The standard InChI is InChI=1S/C29H41N5O7/c1-19(31-24(35)17-34-10-12-40-13-11-34)27(37)33-23(15-21-8-9-30-25(16-21)39-3)28(38)32-22(14-20-6-4-5-7-20)26(36)29(2)18-41-29/h6,8-9,16,19,22-23H,4-5,7,10-15,17-18H2,1-3H3,(H,31,35)(H,32,38)(H,33,37)/t19-,22-,23-,29-/m0/s1. The highest BCUT2D eigenvalue weighted by Crippen LogP contribution is 2.31. The molecule has 4 atom stereocenters. The molecule has 1 aromatic rings. The van der Waals surface area contributed by atoms with E-state index in [-0.39, 0.29) is 24.7 Å². The molecule has 1 aromatic heterocycles. The van der Waals surface area contributed by atoms with Crippen LogP contribution in [0, 0.1) is 0 Å². The predicted molar refractivity (Wildman–Crippen MR) is 149 cm³/mol. The number of ketones is 1. The summed E-state index contributed by atoms with van der Waals surface area (Å²) < 4.78 is 15.9. The van der Waals surface area contributed by atoms with Crippen molar-refractivity contribution in [2.24, 2.45) is 0 Å². The number of ether oxygens (including phenoxy) is 3. The van der Waals surface area contributed by atoms with Crippen LogP contribution in [0.1, 0.15) is 45.1 Å². The zero-order valence-corrected chi connectivity index (χ0v) is 24.1. The average Bonchev–Trinajstić information content (AvgIpc) is 3.50. The summed E-state index contributed by atoms with van der Waals surface area (Å²) in [5.41, 5.74) is 0.928. The third-order valence-corrected chi connectivity index (χ3v) is 7.66. The number of epoxide rings is 1. The number of carbonyl (C=O) groups excluding carboxylic acids is 4. The van der Waals surface area contributed by atoms with Crippen molar-refractivity contribution in [3.8, 4) is 5.88 Å². The van der Waals surface area contributed by atoms with E-state index in [2.05, 4.69) is 27.0 Å². The fraction of sp³-hybridized carbons (Fsp3) is 0.621. The SMILES string of the molecule is COc1cc(C[C@H](NC(=O)[C@H](C)NC(=O)CN2CCOCC2)C(=O)N[C@@H](CC2=CCCC2)C(=O)[C@]2(C)CO2)ccn1. The van der Waals surface area contributed by atoms with E-state index in [1.807, 2.05) is 4.90 Å². The van der Waals surface area contributed by atoms with Crippen LogP contribution in [-0.4, -0.2) is 104 Å². The Morgan fingerprint density at radius 3 is 2.49 bits per heavy atom. The number of allylic oxidation sites excluding steroid dienone is 1. The van der Waals surface area contributed by atoms with E-state index in [0.29, 0.717) is 50.8 Å². The molecular weight excluding hydrogens is 530 g/mol. The number of nitrogens with one attached hydrogen (secondary N) is 3. The van der Waals surface area contributed by atoms with Crippen molar-refractivity contribution in [2.75, 3.05) is 46.6 Å². The number of hydrogen-bond acceptors (Lipinski definition) is 9. The fourth-order valence-corrected chi connectivity index (χ4v) is 5.03. The van der Waals surface area contributed by atoms with Gasteiger partial charge in [0.25, 0.3) is 0 Å². The van der Waals surface area contributed by atoms with Crippen molar-refractivity contribution in [1.29, 1.82) is 0 Å². The molecule has 3 N–H and O–H groups in total. The number of hydrogen-bond donors (Lipinski definition) is 3. The smallest absolute Gasteiger partial charge is 0.243 e. The first-order valence-corrected chi connectivity index (χ1v) is 14.2. The average molecular weight is 572 g/mol. The third-order valence-electron chi connectivity index (χ3n) is 7.66. The highest BCUT2D eigenvalue weighted by Gasteiger charge is 2.50. The van der Waals surface area contributed by atoms with Gasteiger partial charge in [0.2, 0.25) is 23.6 Å². The molecule has 0 aromatic carbocycles. The number of pyridine rings is 1. The van der Waals surface area contributed by atoms with E-state index >= 15 is 0 Å². The number of morpholine rings is 1. The van der Waals surface area contributed by atoms with Crippen LogP contribution in [0.2, 0.25) is 0 Å². The van der Waals surface area contributed by atoms with Crippen molar-refractivity contribution in [1.82, 2.24) is 25.8 Å². The number of aromatic nitrogens is 1. The minimum atomic E-state index is -1.02. The summed E-state index contributed by atoms with van der Waals surface area (Å²) in [6.45, 7) is 6.18. The topological polar surface area (TPSA) is 151 Å². The van der Waals surface area contributed by atoms with Crippen LogP contribution >= 0.6 is 0 Å². The summed E-state index contributed by atoms with van der Waals surface area (Å²) in [7, 11) is 1.49. The van der Waals surface area contributed by atoms with E-state index in [1.54, 1.807) is 32.2 Å². The van der Waals surface area contributed by atoms with E-state index < -0.39 is 35.5 Å². The fourth-order valence-electron chi connectivity index (χ4n) is 5.03. The molecule has 1 aliphatic carbocycles. The van der Waals surface area contributed by atoms with E-state index in [4.69, 9.17) is 14.2 Å². The predicted octanol–water partition coefficient (Wildman–Crippen LogP) is 0.298. The molecule has 0 radical (unpaired) electrons. The van der Waals surface area contributed by atoms with Crippen LogP contribution in [0.4, 0.5) is 0 Å². The van der Waals surface area contributed by atoms with Crippen LogP contribution < -0.4 is 20.7 Å². The monoisotopic (exact) mass is 571 g/mol. The van der Waals surface area contributed by atoms with Gasteiger partial charge in [-0.2, -0.15) is 0 Å². The number of amides is 3. The van der Waals surface area contributed by atoms with E-state index in [9.17, 15) is 19.2 Å². The molecule has 12 nitrogen and oxygen atoms in total. The Hall–Kier alpha value is -3.35. The molecule has 3 heterocycles. The molecule has 4 rings (SSSR count). The summed E-state index contributed by atoms with van der Waals surface area (Å²) in [6.07, 6.45) is 7.07. The highest BCUT2D eigenvalue weighted by atomic mass is 16.6. The van der Waals surface area contributed by atoms with Gasteiger partial charge in [-0.25, -0.2) is 4.98 Å². The van der Waals surface area contributed by atoms with Gasteiger partial charge >= 0.3 is 0 Å². The van der Waals surface area contributed by atoms with Gasteiger partial charge < -0.3 is 30.2 Å². The Bertz CT molecular complexity index is 1150. The van der Waals surface area contributed by atoms with Crippen LogP contribution in [0.5, 0.6) is 5.88 Å². The summed E-state index contributed by atoms with van der Waals surface area (Å²) in [6, 6.07) is 0.731. The Kier molecular flexibility index (Phi) is 10.5. The number of methoxy groups -OCH3 is 1. The van der Waals surface area contributed by atoms with Crippen LogP contribution in [0.15, 0.2) is 30.0 Å². The van der Waals surface area contributed by atoms with Crippen LogP contribution in [-0.2, 0) is 35.1 Å². The minimum Gasteiger partial charge on any atom is -0.481 e. The first-order valence-electron chi connectivity index (χ1n) is 14.2. The quantitative estimate of drug-likeness (QED) is 0.211. The first-order chi connectivity index (χ1) is 19.7. The Morgan fingerprint density at radius 1 is 1.10 bits per heavy atom. The van der Waals surface area contributed by atoms with Gasteiger partial charge in [0.15, 0.2) is 5.78 Å². The molecule has 2 fully saturated rings. The lowest BCUT2D eigenvalue weighted by atomic mass is 9.94. The van der Waals surface area contributed by atoms with Crippen molar-refractivity contribution in [3.63, 3.8) is 0 Å². The molecule has 3 aliphatic rings. The third kappa shape index (κ3) is 8.82. The van der Waals surface area contributed by atoms with Gasteiger partial charge in [0.05, 0.1) is 39.5 Å². The van der Waals surface area contributed by atoms with Gasteiger partial charge in [0, 0.05) is 31.8 Å². The summed E-state index contributed by atoms with van der Waals surface area (Å²) in [5.74, 6) is -1.11. The molecular formula is C29H41N5O7. The lowest BCUT2D eigenvalue weighted by molar-refractivity contribution is -0.134. The second-order valence-electron chi connectivity index (χ2n) is 11.1. The second-order valence-corrected chi connectivity index (χ2v) is 11.1. The Balaban J connectivity index is 1.45. The van der Waals surface area contributed by atoms with Gasteiger partial charge in [-0.3, -0.25) is 24.1 Å². The number of rotatable bonds is 14. The lowest BCUT2D eigenvalue weighted by Crippen LogP contribution is -2.57.